The number of anilines is 1. The molecule has 0 radical (unpaired) electrons. The zero-order valence-corrected chi connectivity index (χ0v) is 12.5. The molecular formula is C16H25NO2. The molecule has 106 valence electrons. The molecule has 3 heteroatoms. The van der Waals surface area contributed by atoms with Crippen molar-refractivity contribution in [2.24, 2.45) is 0 Å². The third-order valence-corrected chi connectivity index (χ3v) is 3.66. The van der Waals surface area contributed by atoms with Crippen molar-refractivity contribution in [3.05, 3.63) is 29.8 Å². The van der Waals surface area contributed by atoms with E-state index in [4.69, 9.17) is 4.74 Å². The van der Waals surface area contributed by atoms with Gasteiger partial charge in [0.1, 0.15) is 5.54 Å². The van der Waals surface area contributed by atoms with Crippen LogP contribution in [0.1, 0.15) is 45.1 Å². The normalized spacial score (nSPS) is 13.7. The van der Waals surface area contributed by atoms with Crippen LogP contribution in [0.25, 0.3) is 0 Å². The second kappa shape index (κ2) is 7.17. The minimum absolute atomic E-state index is 0.174. The topological polar surface area (TPSA) is 38.3 Å². The van der Waals surface area contributed by atoms with E-state index in [0.717, 1.165) is 30.5 Å². The van der Waals surface area contributed by atoms with Crippen molar-refractivity contribution in [3.63, 3.8) is 0 Å². The zero-order valence-electron chi connectivity index (χ0n) is 12.5. The van der Waals surface area contributed by atoms with E-state index >= 15 is 0 Å². The van der Waals surface area contributed by atoms with Crippen LogP contribution in [-0.2, 0) is 9.53 Å². The van der Waals surface area contributed by atoms with Crippen molar-refractivity contribution in [3.8, 4) is 0 Å². The second-order valence-corrected chi connectivity index (χ2v) is 4.97. The van der Waals surface area contributed by atoms with Crippen LogP contribution in [0, 0.1) is 6.92 Å². The van der Waals surface area contributed by atoms with Crippen LogP contribution >= 0.6 is 0 Å². The largest absolute Gasteiger partial charge is 0.467 e. The molecule has 19 heavy (non-hydrogen) atoms. The molecule has 0 fully saturated rings. The molecule has 1 atom stereocenters. The predicted octanol–water partition coefficient (Wildman–Crippen LogP) is 3.92. The molecule has 0 bridgehead atoms. The van der Waals surface area contributed by atoms with Crippen LogP contribution in [0.15, 0.2) is 24.3 Å². The summed E-state index contributed by atoms with van der Waals surface area (Å²) < 4.78 is 5.01. The number of methoxy groups -OCH3 is 1. The molecule has 1 rings (SSSR count). The Labute approximate surface area is 116 Å². The second-order valence-electron chi connectivity index (χ2n) is 4.97. The minimum atomic E-state index is -0.614. The van der Waals surface area contributed by atoms with Crippen molar-refractivity contribution < 1.29 is 9.53 Å². The lowest BCUT2D eigenvalue weighted by Crippen LogP contribution is -2.46. The van der Waals surface area contributed by atoms with Gasteiger partial charge in [-0.1, -0.05) is 44.9 Å². The van der Waals surface area contributed by atoms with Gasteiger partial charge in [0.25, 0.3) is 0 Å². The van der Waals surface area contributed by atoms with Gasteiger partial charge in [0.2, 0.25) is 0 Å². The van der Waals surface area contributed by atoms with Crippen molar-refractivity contribution >= 4 is 11.7 Å². The molecular weight excluding hydrogens is 238 g/mol. The summed E-state index contributed by atoms with van der Waals surface area (Å²) in [5.41, 5.74) is 1.53. The first-order valence-electron chi connectivity index (χ1n) is 7.02. The minimum Gasteiger partial charge on any atom is -0.467 e. The summed E-state index contributed by atoms with van der Waals surface area (Å²) in [6.07, 6.45) is 3.57. The smallest absolute Gasteiger partial charge is 0.331 e. The average molecular weight is 263 g/mol. The van der Waals surface area contributed by atoms with Crippen LogP contribution in [-0.4, -0.2) is 18.6 Å². The number of hydrogen-bond acceptors (Lipinski definition) is 3. The van der Waals surface area contributed by atoms with Crippen molar-refractivity contribution in [1.82, 2.24) is 0 Å². The molecule has 0 aromatic heterocycles. The highest BCUT2D eigenvalue weighted by molar-refractivity contribution is 5.84. The molecule has 3 nitrogen and oxygen atoms in total. The number of esters is 1. The highest BCUT2D eigenvalue weighted by Gasteiger charge is 2.37. The van der Waals surface area contributed by atoms with Crippen LogP contribution in [0.5, 0.6) is 0 Å². The Balaban J connectivity index is 3.02. The summed E-state index contributed by atoms with van der Waals surface area (Å²) in [6, 6.07) is 8.03. The van der Waals surface area contributed by atoms with E-state index in [1.54, 1.807) is 0 Å². The number of aryl methyl sites for hydroxylation is 1. The lowest BCUT2D eigenvalue weighted by atomic mass is 9.89. The maximum absolute atomic E-state index is 12.2. The standard InChI is InChI=1S/C16H25NO2/c1-5-7-12-16(6-2,15(18)19-4)17-14-11-9-8-10-13(14)3/h8-11,17H,5-7,12H2,1-4H3. The van der Waals surface area contributed by atoms with E-state index < -0.39 is 5.54 Å². The summed E-state index contributed by atoms with van der Waals surface area (Å²) in [6.45, 7) is 6.20. The first kappa shape index (κ1) is 15.5. The van der Waals surface area contributed by atoms with Crippen molar-refractivity contribution in [1.29, 1.82) is 0 Å². The molecule has 1 N–H and O–H groups in total. The number of carbonyl (C=O) groups excluding carboxylic acids is 1. The first-order valence-corrected chi connectivity index (χ1v) is 7.02. The Morgan fingerprint density at radius 2 is 2.00 bits per heavy atom. The molecule has 1 unspecified atom stereocenters. The summed E-state index contributed by atoms with van der Waals surface area (Å²) in [7, 11) is 1.46. The third-order valence-electron chi connectivity index (χ3n) is 3.66. The van der Waals surface area contributed by atoms with Crippen molar-refractivity contribution in [2.75, 3.05) is 12.4 Å². The number of rotatable bonds is 7. The summed E-state index contributed by atoms with van der Waals surface area (Å²) in [5, 5.41) is 3.42. The summed E-state index contributed by atoms with van der Waals surface area (Å²) in [4.78, 5) is 12.2. The van der Waals surface area contributed by atoms with Crippen molar-refractivity contribution in [2.45, 2.75) is 52.0 Å². The fourth-order valence-electron chi connectivity index (χ4n) is 2.27. The van der Waals surface area contributed by atoms with Gasteiger partial charge in [-0.3, -0.25) is 0 Å². The van der Waals surface area contributed by atoms with Gasteiger partial charge in [-0.2, -0.15) is 0 Å². The number of benzene rings is 1. The highest BCUT2D eigenvalue weighted by Crippen LogP contribution is 2.27. The van der Waals surface area contributed by atoms with E-state index in [0.29, 0.717) is 6.42 Å². The zero-order chi connectivity index (χ0) is 14.3. The van der Waals surface area contributed by atoms with E-state index in [1.165, 1.54) is 7.11 Å². The van der Waals surface area contributed by atoms with Gasteiger partial charge in [-0.25, -0.2) is 4.79 Å². The lowest BCUT2D eigenvalue weighted by Gasteiger charge is -2.32. The predicted molar refractivity (Wildman–Crippen MR) is 79.4 cm³/mol. The SMILES string of the molecule is CCCCC(CC)(Nc1ccccc1C)C(=O)OC. The number of unbranched alkanes of at least 4 members (excludes halogenated alkanes) is 1. The van der Waals surface area contributed by atoms with E-state index in [9.17, 15) is 4.79 Å². The molecule has 0 aliphatic rings. The molecule has 0 heterocycles. The Morgan fingerprint density at radius 3 is 2.53 bits per heavy atom. The molecule has 0 saturated carbocycles. The average Bonchev–Trinajstić information content (AvgIpc) is 2.44. The van der Waals surface area contributed by atoms with Gasteiger partial charge in [-0.15, -0.1) is 0 Å². The quantitative estimate of drug-likeness (QED) is 0.758. The molecule has 1 aromatic rings. The first-order chi connectivity index (χ1) is 9.09. The number of ether oxygens (including phenoxy) is 1. The number of carbonyl (C=O) groups is 1. The maximum atomic E-state index is 12.2. The number of nitrogens with one attached hydrogen (secondary N) is 1. The Kier molecular flexibility index (Phi) is 5.87. The monoisotopic (exact) mass is 263 g/mol. The Morgan fingerprint density at radius 1 is 1.32 bits per heavy atom. The van der Waals surface area contributed by atoms with Gasteiger partial charge in [-0.05, 0) is 31.4 Å². The molecule has 0 aliphatic heterocycles. The van der Waals surface area contributed by atoms with Gasteiger partial charge in [0.15, 0.2) is 0 Å². The van der Waals surface area contributed by atoms with Crippen LogP contribution < -0.4 is 5.32 Å². The van der Waals surface area contributed by atoms with E-state index in [-0.39, 0.29) is 5.97 Å². The summed E-state index contributed by atoms with van der Waals surface area (Å²) >= 11 is 0. The highest BCUT2D eigenvalue weighted by atomic mass is 16.5. The van der Waals surface area contributed by atoms with E-state index in [2.05, 4.69) is 12.2 Å². The fourth-order valence-corrected chi connectivity index (χ4v) is 2.27. The third kappa shape index (κ3) is 3.72. The number of para-hydroxylation sites is 1. The number of hydrogen-bond donors (Lipinski definition) is 1. The molecule has 0 spiro atoms. The fraction of sp³-hybridized carbons (Fsp3) is 0.562. The van der Waals surface area contributed by atoms with E-state index in [1.807, 2.05) is 38.1 Å². The Bertz CT molecular complexity index is 417. The molecule has 0 saturated heterocycles. The van der Waals surface area contributed by atoms with Crippen LogP contribution in [0.3, 0.4) is 0 Å². The summed E-state index contributed by atoms with van der Waals surface area (Å²) in [5.74, 6) is -0.174. The molecule has 0 aliphatic carbocycles. The van der Waals surface area contributed by atoms with Crippen LogP contribution in [0.2, 0.25) is 0 Å². The van der Waals surface area contributed by atoms with Gasteiger partial charge in [0.05, 0.1) is 7.11 Å². The van der Waals surface area contributed by atoms with Gasteiger partial charge < -0.3 is 10.1 Å². The maximum Gasteiger partial charge on any atom is 0.331 e. The Hall–Kier alpha value is -1.51. The van der Waals surface area contributed by atoms with Gasteiger partial charge in [0, 0.05) is 5.69 Å². The van der Waals surface area contributed by atoms with Gasteiger partial charge >= 0.3 is 5.97 Å². The lowest BCUT2D eigenvalue weighted by molar-refractivity contribution is -0.146. The van der Waals surface area contributed by atoms with Crippen LogP contribution in [0.4, 0.5) is 5.69 Å². The molecule has 1 aromatic carbocycles. The molecule has 0 amide bonds.